The van der Waals surface area contributed by atoms with Gasteiger partial charge < -0.3 is 4.52 Å². The van der Waals surface area contributed by atoms with Crippen LogP contribution in [-0.2, 0) is 6.18 Å². The molecule has 1 aromatic heterocycles. The maximum atomic E-state index is 12.2. The van der Waals surface area contributed by atoms with Gasteiger partial charge in [-0.2, -0.15) is 18.2 Å². The van der Waals surface area contributed by atoms with Crippen molar-refractivity contribution in [2.24, 2.45) is 0 Å². The maximum absolute atomic E-state index is 12.2. The summed E-state index contributed by atoms with van der Waals surface area (Å²) in [6, 6.07) is 0. The van der Waals surface area contributed by atoms with Crippen LogP contribution in [0.25, 0.3) is 5.57 Å². The lowest BCUT2D eigenvalue weighted by atomic mass is 10.2. The molecule has 3 nitrogen and oxygen atoms in total. The summed E-state index contributed by atoms with van der Waals surface area (Å²) in [6.07, 6.45) is 1.62. The average molecular weight is 230 g/mol. The molecule has 0 aliphatic rings. The fourth-order valence-corrected chi connectivity index (χ4v) is 0.890. The van der Waals surface area contributed by atoms with E-state index in [-0.39, 0.29) is 5.82 Å². The van der Waals surface area contributed by atoms with E-state index in [4.69, 9.17) is 0 Å². The molecule has 0 saturated carbocycles. The van der Waals surface area contributed by atoms with Crippen molar-refractivity contribution in [2.45, 2.75) is 13.1 Å². The first-order valence-electron chi connectivity index (χ1n) is 4.35. The van der Waals surface area contributed by atoms with Crippen LogP contribution in [-0.4, -0.2) is 10.1 Å². The Hall–Kier alpha value is -1.85. The minimum atomic E-state index is -4.63. The smallest absolute Gasteiger partial charge is 0.329 e. The predicted molar refractivity (Wildman–Crippen MR) is 52.3 cm³/mol. The van der Waals surface area contributed by atoms with E-state index in [2.05, 4.69) is 21.2 Å². The van der Waals surface area contributed by atoms with Crippen molar-refractivity contribution in [2.75, 3.05) is 0 Å². The lowest BCUT2D eigenvalue weighted by Crippen LogP contribution is -2.05. The molecule has 0 saturated heterocycles. The Balaban J connectivity index is 3.05. The molecule has 1 heterocycles. The quantitative estimate of drug-likeness (QED) is 0.748. The van der Waals surface area contributed by atoms with Crippen molar-refractivity contribution in [1.29, 1.82) is 0 Å². The summed E-state index contributed by atoms with van der Waals surface area (Å²) in [5.41, 5.74) is 0.359. The van der Waals surface area contributed by atoms with E-state index in [1.54, 1.807) is 19.1 Å². The minimum Gasteiger partial charge on any atom is -0.329 e. The fraction of sp³-hybridized carbons (Fsp3) is 0.200. The molecule has 0 aliphatic heterocycles. The van der Waals surface area contributed by atoms with Crippen LogP contribution < -0.4 is 0 Å². The van der Waals surface area contributed by atoms with Gasteiger partial charge >= 0.3 is 12.1 Å². The topological polar surface area (TPSA) is 38.9 Å². The van der Waals surface area contributed by atoms with Gasteiger partial charge in [0.15, 0.2) is 0 Å². The zero-order valence-electron chi connectivity index (χ0n) is 8.45. The molecule has 0 spiro atoms. The molecule has 86 valence electrons. The van der Waals surface area contributed by atoms with Crippen LogP contribution >= 0.6 is 0 Å². The van der Waals surface area contributed by atoms with Gasteiger partial charge in [-0.15, -0.1) is 0 Å². The predicted octanol–water partition coefficient (Wildman–Crippen LogP) is 3.23. The maximum Gasteiger partial charge on any atom is 0.471 e. The summed E-state index contributed by atoms with van der Waals surface area (Å²) >= 11 is 0. The number of nitrogens with zero attached hydrogens (tertiary/aromatic N) is 2. The second-order valence-corrected chi connectivity index (χ2v) is 2.77. The molecule has 0 atom stereocenters. The van der Waals surface area contributed by atoms with E-state index in [1.807, 2.05) is 0 Å². The van der Waals surface area contributed by atoms with Crippen LogP contribution in [0.2, 0.25) is 0 Å². The first kappa shape index (κ1) is 12.2. The third-order valence-corrected chi connectivity index (χ3v) is 1.61. The molecule has 6 heteroatoms. The zero-order valence-corrected chi connectivity index (χ0v) is 8.45. The molecule has 0 bridgehead atoms. The number of aromatic nitrogens is 2. The standard InChI is InChI=1S/C10H9F3N2O/c1-3-5-6-7(4-2)8-14-9(16-15-8)10(11,12)13/h3-6H,2H2,1H3/b5-3-,7-6+. The highest BCUT2D eigenvalue weighted by Crippen LogP contribution is 2.28. The third kappa shape index (κ3) is 2.82. The van der Waals surface area contributed by atoms with Gasteiger partial charge in [0, 0.05) is 5.57 Å². The summed E-state index contributed by atoms with van der Waals surface area (Å²) in [4.78, 5) is 3.23. The third-order valence-electron chi connectivity index (χ3n) is 1.61. The molecule has 16 heavy (non-hydrogen) atoms. The van der Waals surface area contributed by atoms with Crippen LogP contribution in [0.15, 0.2) is 35.4 Å². The molecule has 0 radical (unpaired) electrons. The summed E-state index contributed by atoms with van der Waals surface area (Å²) in [6.45, 7) is 5.23. The zero-order chi connectivity index (χ0) is 12.2. The number of hydrogen-bond acceptors (Lipinski definition) is 3. The van der Waals surface area contributed by atoms with Crippen LogP contribution in [0.4, 0.5) is 13.2 Å². The molecule has 0 amide bonds. The summed E-state index contributed by atoms with van der Waals surface area (Å²) in [5.74, 6) is -1.50. The van der Waals surface area contributed by atoms with Gasteiger partial charge in [0.05, 0.1) is 0 Å². The van der Waals surface area contributed by atoms with E-state index < -0.39 is 12.1 Å². The molecule has 1 rings (SSSR count). The Labute approximate surface area is 90.0 Å². The number of halogens is 3. The highest BCUT2D eigenvalue weighted by molar-refractivity contribution is 5.69. The van der Waals surface area contributed by atoms with Crippen molar-refractivity contribution in [3.8, 4) is 0 Å². The van der Waals surface area contributed by atoms with E-state index in [0.29, 0.717) is 5.57 Å². The lowest BCUT2D eigenvalue weighted by Gasteiger charge is -1.96. The van der Waals surface area contributed by atoms with Crippen LogP contribution in [0.1, 0.15) is 18.6 Å². The van der Waals surface area contributed by atoms with Gasteiger partial charge in [-0.25, -0.2) is 0 Å². The summed E-state index contributed by atoms with van der Waals surface area (Å²) < 4.78 is 40.6. The van der Waals surface area contributed by atoms with Crippen molar-refractivity contribution in [1.82, 2.24) is 10.1 Å². The number of hydrogen-bond donors (Lipinski definition) is 0. The Morgan fingerprint density at radius 2 is 2.12 bits per heavy atom. The molecule has 1 aromatic rings. The molecular formula is C10H9F3N2O. The first-order valence-corrected chi connectivity index (χ1v) is 4.35. The minimum absolute atomic E-state index is 0.138. The second-order valence-electron chi connectivity index (χ2n) is 2.77. The monoisotopic (exact) mass is 230 g/mol. The van der Waals surface area contributed by atoms with Gasteiger partial charge in [0.2, 0.25) is 5.82 Å². The first-order chi connectivity index (χ1) is 7.49. The lowest BCUT2D eigenvalue weighted by molar-refractivity contribution is -0.159. The fourth-order valence-electron chi connectivity index (χ4n) is 0.890. The van der Waals surface area contributed by atoms with Gasteiger partial charge in [0.25, 0.3) is 0 Å². The molecule has 0 N–H and O–H groups in total. The summed E-state index contributed by atoms with van der Waals surface area (Å²) in [7, 11) is 0. The Kier molecular flexibility index (Phi) is 3.65. The van der Waals surface area contributed by atoms with Crippen molar-refractivity contribution in [3.63, 3.8) is 0 Å². The van der Waals surface area contributed by atoms with Crippen molar-refractivity contribution in [3.05, 3.63) is 42.6 Å². The van der Waals surface area contributed by atoms with Crippen LogP contribution in [0.3, 0.4) is 0 Å². The summed E-state index contributed by atoms with van der Waals surface area (Å²) in [5, 5.41) is 3.23. The van der Waals surface area contributed by atoms with E-state index in [1.165, 1.54) is 12.2 Å². The number of rotatable bonds is 3. The van der Waals surface area contributed by atoms with Crippen LogP contribution in [0, 0.1) is 0 Å². The Morgan fingerprint density at radius 1 is 1.44 bits per heavy atom. The normalized spacial score (nSPS) is 13.4. The van der Waals surface area contributed by atoms with Gasteiger partial charge in [-0.05, 0) is 6.92 Å². The van der Waals surface area contributed by atoms with E-state index >= 15 is 0 Å². The molecule has 0 unspecified atom stereocenters. The van der Waals surface area contributed by atoms with Crippen molar-refractivity contribution >= 4 is 5.57 Å². The average Bonchev–Trinajstić information content (AvgIpc) is 2.68. The van der Waals surface area contributed by atoms with Crippen molar-refractivity contribution < 1.29 is 17.7 Å². The SMILES string of the molecule is C=C/C(=C\C=C/C)c1noc(C(F)(F)F)n1. The van der Waals surface area contributed by atoms with Gasteiger partial charge in [0.1, 0.15) is 0 Å². The van der Waals surface area contributed by atoms with Crippen LogP contribution in [0.5, 0.6) is 0 Å². The second kappa shape index (κ2) is 4.78. The highest BCUT2D eigenvalue weighted by Gasteiger charge is 2.38. The van der Waals surface area contributed by atoms with E-state index in [0.717, 1.165) is 0 Å². The van der Waals surface area contributed by atoms with E-state index in [9.17, 15) is 13.2 Å². The molecule has 0 aliphatic carbocycles. The molecular weight excluding hydrogens is 221 g/mol. The molecule has 0 aromatic carbocycles. The number of allylic oxidation sites excluding steroid dienone is 5. The van der Waals surface area contributed by atoms with Gasteiger partial charge in [-0.3, -0.25) is 0 Å². The molecule has 0 fully saturated rings. The Bertz CT molecular complexity index is 430. The van der Waals surface area contributed by atoms with Gasteiger partial charge in [-0.1, -0.05) is 36.0 Å². The Morgan fingerprint density at radius 3 is 2.56 bits per heavy atom. The highest BCUT2D eigenvalue weighted by atomic mass is 19.4. The number of alkyl halides is 3. The largest absolute Gasteiger partial charge is 0.471 e.